The van der Waals surface area contributed by atoms with Crippen molar-refractivity contribution in [2.75, 3.05) is 19.0 Å². The molecule has 0 saturated carbocycles. The van der Waals surface area contributed by atoms with E-state index in [-0.39, 0.29) is 29.1 Å². The lowest BCUT2D eigenvalue weighted by atomic mass is 9.77. The van der Waals surface area contributed by atoms with Crippen LogP contribution in [0.4, 0.5) is 18.9 Å². The lowest BCUT2D eigenvalue weighted by Crippen LogP contribution is -2.35. The summed E-state index contributed by atoms with van der Waals surface area (Å²) in [5, 5.41) is 12.1. The van der Waals surface area contributed by atoms with E-state index < -0.39 is 42.5 Å². The number of nitrogens with zero attached hydrogens (tertiary/aromatic N) is 3. The quantitative estimate of drug-likeness (QED) is 0.166. The number of carbonyl (C=O) groups excluding carboxylic acids is 2. The maximum Gasteiger partial charge on any atom is 0.416 e. The fourth-order valence-corrected chi connectivity index (χ4v) is 5.68. The Bertz CT molecular complexity index is 1890. The van der Waals surface area contributed by atoms with Gasteiger partial charge >= 0.3 is 12.1 Å². The van der Waals surface area contributed by atoms with E-state index in [1.54, 1.807) is 12.1 Å². The number of aliphatic carboxylic acids is 1. The van der Waals surface area contributed by atoms with Crippen LogP contribution in [-0.2, 0) is 28.7 Å². The normalized spacial score (nSPS) is 14.0. The van der Waals surface area contributed by atoms with Gasteiger partial charge in [-0.2, -0.15) is 13.2 Å². The molecule has 1 aliphatic rings. The summed E-state index contributed by atoms with van der Waals surface area (Å²) in [6.07, 6.45) is 3.80. The molecule has 1 aromatic heterocycles. The summed E-state index contributed by atoms with van der Waals surface area (Å²) in [6.45, 7) is 3.98. The number of carboxylic acid groups (broad SMARTS) is 1. The number of benzene rings is 3. The van der Waals surface area contributed by atoms with E-state index >= 15 is 0 Å². The molecule has 4 aromatic rings. The molecule has 0 unspecified atom stereocenters. The van der Waals surface area contributed by atoms with Crippen molar-refractivity contribution in [3.63, 3.8) is 0 Å². The second-order valence-corrected chi connectivity index (χ2v) is 13.0. The SMILES string of the molecule is COc1ccc(CC(=O)Nc2ccc(C(=O)N(CC(=O)O)Cc3ccc(-c4ncc(C5=CCC(C)(C)CC5)cn4)cc3)cc2)c(C(F)(F)F)c1. The van der Waals surface area contributed by atoms with Crippen LogP contribution in [-0.4, -0.2) is 51.4 Å². The fourth-order valence-electron chi connectivity index (χ4n) is 5.68. The molecule has 9 nitrogen and oxygen atoms in total. The summed E-state index contributed by atoms with van der Waals surface area (Å²) >= 11 is 0. The molecule has 0 aliphatic heterocycles. The number of allylic oxidation sites excluding steroid dienone is 2. The van der Waals surface area contributed by atoms with Crippen molar-refractivity contribution in [1.82, 2.24) is 14.9 Å². The predicted molar refractivity (Wildman–Crippen MR) is 182 cm³/mol. The molecular weight excluding hydrogens is 649 g/mol. The third-order valence-electron chi connectivity index (χ3n) is 8.58. The first kappa shape index (κ1) is 35.8. The molecule has 0 radical (unpaired) electrons. The van der Waals surface area contributed by atoms with E-state index in [9.17, 15) is 32.7 Å². The Morgan fingerprint density at radius 2 is 1.64 bits per heavy atom. The minimum atomic E-state index is -4.68. The zero-order valence-corrected chi connectivity index (χ0v) is 27.9. The topological polar surface area (TPSA) is 122 Å². The first-order valence-corrected chi connectivity index (χ1v) is 16.0. The number of aromatic nitrogens is 2. The zero-order valence-electron chi connectivity index (χ0n) is 27.9. The molecule has 2 amide bonds. The Balaban J connectivity index is 1.22. The largest absolute Gasteiger partial charge is 0.497 e. The third kappa shape index (κ3) is 9.13. The smallest absolute Gasteiger partial charge is 0.416 e. The van der Waals surface area contributed by atoms with Crippen LogP contribution in [0.5, 0.6) is 5.75 Å². The highest BCUT2D eigenvalue weighted by atomic mass is 19.4. The highest BCUT2D eigenvalue weighted by Crippen LogP contribution is 2.38. The maximum absolute atomic E-state index is 13.5. The number of alkyl halides is 3. The number of carbonyl (C=O) groups is 3. The van der Waals surface area contributed by atoms with Gasteiger partial charge in [0, 0.05) is 41.3 Å². The number of nitrogens with one attached hydrogen (secondary N) is 1. The van der Waals surface area contributed by atoms with Crippen LogP contribution in [0, 0.1) is 5.41 Å². The molecule has 12 heteroatoms. The summed E-state index contributed by atoms with van der Waals surface area (Å²) in [6, 6.07) is 16.2. The molecule has 0 spiro atoms. The zero-order chi connectivity index (χ0) is 36.1. The predicted octanol–water partition coefficient (Wildman–Crippen LogP) is 7.67. The summed E-state index contributed by atoms with van der Waals surface area (Å²) in [7, 11) is 1.25. The minimum Gasteiger partial charge on any atom is -0.497 e. The average Bonchev–Trinajstić information content (AvgIpc) is 3.08. The Morgan fingerprint density at radius 3 is 2.22 bits per heavy atom. The number of halogens is 3. The lowest BCUT2D eigenvalue weighted by molar-refractivity contribution is -0.139. The molecule has 50 heavy (non-hydrogen) atoms. The number of carboxylic acids is 1. The molecule has 1 aliphatic carbocycles. The summed E-state index contributed by atoms with van der Waals surface area (Å²) < 4.78 is 45.5. The third-order valence-corrected chi connectivity index (χ3v) is 8.58. The van der Waals surface area contributed by atoms with Crippen molar-refractivity contribution in [1.29, 1.82) is 0 Å². The van der Waals surface area contributed by atoms with Crippen LogP contribution in [0.15, 0.2) is 85.2 Å². The van der Waals surface area contributed by atoms with Crippen LogP contribution in [0.3, 0.4) is 0 Å². The standard InChI is InChI=1S/C38H37F3N4O5/c1-37(2)16-14-25(15-17-37)29-20-42-35(43-21-29)26-6-4-24(5-7-26)22-45(23-34(47)48)36(49)27-8-11-30(12-9-27)44-33(46)18-28-10-13-31(50-3)19-32(28)38(39,40)41/h4-14,19-21H,15-18,22-23H2,1-3H3,(H,44,46)(H,47,48). The van der Waals surface area contributed by atoms with E-state index in [0.717, 1.165) is 36.5 Å². The van der Waals surface area contributed by atoms with Crippen molar-refractivity contribution < 1.29 is 37.4 Å². The molecule has 260 valence electrons. The van der Waals surface area contributed by atoms with Gasteiger partial charge in [-0.05, 0) is 77.8 Å². The summed E-state index contributed by atoms with van der Waals surface area (Å²) in [5.74, 6) is -1.87. The van der Waals surface area contributed by atoms with Gasteiger partial charge in [0.05, 0.1) is 19.1 Å². The molecule has 0 atom stereocenters. The second-order valence-electron chi connectivity index (χ2n) is 13.0. The van der Waals surface area contributed by atoms with E-state index in [1.165, 1.54) is 54.0 Å². The van der Waals surface area contributed by atoms with Crippen LogP contribution < -0.4 is 10.1 Å². The second kappa shape index (κ2) is 14.9. The van der Waals surface area contributed by atoms with Crippen molar-refractivity contribution in [3.8, 4) is 17.1 Å². The van der Waals surface area contributed by atoms with Gasteiger partial charge in [-0.25, -0.2) is 9.97 Å². The number of anilines is 1. The van der Waals surface area contributed by atoms with Gasteiger partial charge < -0.3 is 20.1 Å². The van der Waals surface area contributed by atoms with E-state index in [1.807, 2.05) is 24.5 Å². The number of ether oxygens (including phenoxy) is 1. The average molecular weight is 687 g/mol. The monoisotopic (exact) mass is 686 g/mol. The first-order chi connectivity index (χ1) is 23.7. The van der Waals surface area contributed by atoms with Crippen molar-refractivity contribution in [2.24, 2.45) is 5.41 Å². The van der Waals surface area contributed by atoms with Gasteiger partial charge in [-0.15, -0.1) is 0 Å². The molecular formula is C38H37F3N4O5. The fraction of sp³-hybridized carbons (Fsp3) is 0.289. The van der Waals surface area contributed by atoms with E-state index in [4.69, 9.17) is 4.74 Å². The summed E-state index contributed by atoms with van der Waals surface area (Å²) in [4.78, 5) is 47.9. The Kier molecular flexibility index (Phi) is 10.7. The number of hydrogen-bond donors (Lipinski definition) is 2. The van der Waals surface area contributed by atoms with Gasteiger partial charge in [-0.3, -0.25) is 14.4 Å². The van der Waals surface area contributed by atoms with Gasteiger partial charge in [0.1, 0.15) is 12.3 Å². The summed E-state index contributed by atoms with van der Waals surface area (Å²) in [5.41, 5.74) is 3.25. The molecule has 3 aromatic carbocycles. The molecule has 0 saturated heterocycles. The Hall–Kier alpha value is -5.52. The first-order valence-electron chi connectivity index (χ1n) is 16.0. The number of methoxy groups -OCH3 is 1. The Labute approximate surface area is 287 Å². The Morgan fingerprint density at radius 1 is 0.960 bits per heavy atom. The lowest BCUT2D eigenvalue weighted by Gasteiger charge is -2.28. The van der Waals surface area contributed by atoms with E-state index in [2.05, 4.69) is 35.2 Å². The molecule has 5 rings (SSSR count). The number of hydrogen-bond acceptors (Lipinski definition) is 6. The van der Waals surface area contributed by atoms with E-state index in [0.29, 0.717) is 16.8 Å². The van der Waals surface area contributed by atoms with Crippen LogP contribution in [0.1, 0.15) is 65.7 Å². The number of amides is 2. The highest BCUT2D eigenvalue weighted by Gasteiger charge is 2.34. The maximum atomic E-state index is 13.5. The van der Waals surface area contributed by atoms with Crippen LogP contribution >= 0.6 is 0 Å². The minimum absolute atomic E-state index is 0.0115. The van der Waals surface area contributed by atoms with Crippen LogP contribution in [0.2, 0.25) is 0 Å². The van der Waals surface area contributed by atoms with Gasteiger partial charge in [-0.1, -0.05) is 50.3 Å². The molecule has 1 heterocycles. The van der Waals surface area contributed by atoms with Crippen molar-refractivity contribution in [3.05, 3.63) is 113 Å². The van der Waals surface area contributed by atoms with Gasteiger partial charge in [0.25, 0.3) is 5.91 Å². The van der Waals surface area contributed by atoms with Crippen molar-refractivity contribution >= 4 is 29.0 Å². The highest BCUT2D eigenvalue weighted by molar-refractivity contribution is 5.97. The van der Waals surface area contributed by atoms with Gasteiger partial charge in [0.15, 0.2) is 5.82 Å². The molecule has 0 bridgehead atoms. The van der Waals surface area contributed by atoms with Gasteiger partial charge in [0.2, 0.25) is 5.91 Å². The van der Waals surface area contributed by atoms with Crippen molar-refractivity contribution in [2.45, 2.75) is 52.3 Å². The van der Waals surface area contributed by atoms with Crippen LogP contribution in [0.25, 0.3) is 17.0 Å². The molecule has 0 fully saturated rings. The number of rotatable bonds is 11. The molecule has 2 N–H and O–H groups in total.